The lowest BCUT2D eigenvalue weighted by atomic mass is 9.97. The molecule has 4 heteroatoms. The lowest BCUT2D eigenvalue weighted by Crippen LogP contribution is -2.03. The van der Waals surface area contributed by atoms with E-state index in [-0.39, 0.29) is 0 Å². The molecule has 2 aromatic rings. The van der Waals surface area contributed by atoms with Crippen LogP contribution in [-0.2, 0) is 6.42 Å². The zero-order valence-corrected chi connectivity index (χ0v) is 14.6. The van der Waals surface area contributed by atoms with Crippen molar-refractivity contribution in [2.24, 2.45) is 0 Å². The van der Waals surface area contributed by atoms with E-state index in [1.165, 1.54) is 14.2 Å². The summed E-state index contributed by atoms with van der Waals surface area (Å²) in [7, 11) is 0. The molecule has 1 atom stereocenters. The fourth-order valence-electron chi connectivity index (χ4n) is 1.70. The van der Waals surface area contributed by atoms with Crippen LogP contribution in [-0.4, -0.2) is 5.33 Å². The molecule has 0 saturated carbocycles. The zero-order valence-electron chi connectivity index (χ0n) is 9.00. The fraction of sp³-hybridized carbons (Fsp3) is 0.231. The van der Waals surface area contributed by atoms with Crippen LogP contribution < -0.4 is 0 Å². The summed E-state index contributed by atoms with van der Waals surface area (Å²) in [6.07, 6.45) is 1.09. The first-order valence-corrected chi connectivity index (χ1v) is 8.77. The summed E-state index contributed by atoms with van der Waals surface area (Å²) in [6.45, 7) is 0. The minimum absolute atomic E-state index is 0.536. The second-order valence-electron chi connectivity index (χ2n) is 3.81. The Morgan fingerprint density at radius 2 is 1.71 bits per heavy atom. The van der Waals surface area contributed by atoms with Crippen LogP contribution in [0.4, 0.5) is 0 Å². The highest BCUT2D eigenvalue weighted by Gasteiger charge is 2.12. The maximum atomic E-state index is 3.62. The van der Waals surface area contributed by atoms with Crippen LogP contribution in [0.15, 0.2) is 44.7 Å². The van der Waals surface area contributed by atoms with E-state index in [0.717, 1.165) is 16.2 Å². The van der Waals surface area contributed by atoms with Crippen molar-refractivity contribution in [3.8, 4) is 0 Å². The third-order valence-corrected chi connectivity index (χ3v) is 5.56. The van der Waals surface area contributed by atoms with Gasteiger partial charge in [0.1, 0.15) is 0 Å². The van der Waals surface area contributed by atoms with Crippen molar-refractivity contribution in [2.75, 3.05) is 5.33 Å². The van der Waals surface area contributed by atoms with Gasteiger partial charge >= 0.3 is 0 Å². The number of hydrogen-bond donors (Lipinski definition) is 0. The van der Waals surface area contributed by atoms with E-state index < -0.39 is 0 Å². The van der Waals surface area contributed by atoms with Gasteiger partial charge in [0, 0.05) is 14.7 Å². The zero-order chi connectivity index (χ0) is 12.3. The lowest BCUT2D eigenvalue weighted by molar-refractivity contribution is 0.785. The smallest absolute Gasteiger partial charge is 0.0701 e. The van der Waals surface area contributed by atoms with Gasteiger partial charge in [-0.1, -0.05) is 44.0 Å². The molecular weight excluding hydrogens is 428 g/mol. The Hall–Kier alpha value is 0.360. The Morgan fingerprint density at radius 3 is 2.24 bits per heavy atom. The van der Waals surface area contributed by atoms with Crippen LogP contribution in [0, 0.1) is 0 Å². The summed E-state index contributed by atoms with van der Waals surface area (Å²) in [6, 6.07) is 12.9. The first-order chi connectivity index (χ1) is 8.19. The van der Waals surface area contributed by atoms with Crippen LogP contribution in [0.1, 0.15) is 16.4 Å². The average Bonchev–Trinajstić information content (AvgIpc) is 2.73. The molecule has 0 amide bonds. The van der Waals surface area contributed by atoms with Gasteiger partial charge < -0.3 is 0 Å². The maximum Gasteiger partial charge on any atom is 0.0701 e. The Bertz CT molecular complexity index is 476. The molecule has 1 unspecified atom stereocenters. The van der Waals surface area contributed by atoms with E-state index >= 15 is 0 Å². The molecule has 0 spiro atoms. The maximum absolute atomic E-state index is 3.62. The average molecular weight is 439 g/mol. The number of alkyl halides is 1. The van der Waals surface area contributed by atoms with Gasteiger partial charge in [-0.15, -0.1) is 11.3 Å². The molecule has 0 aliphatic rings. The number of rotatable bonds is 4. The van der Waals surface area contributed by atoms with E-state index in [2.05, 4.69) is 84.2 Å². The lowest BCUT2D eigenvalue weighted by Gasteiger charge is -2.13. The van der Waals surface area contributed by atoms with Crippen LogP contribution in [0.25, 0.3) is 0 Å². The molecule has 17 heavy (non-hydrogen) atoms. The van der Waals surface area contributed by atoms with Crippen molar-refractivity contribution in [3.63, 3.8) is 0 Å². The molecular formula is C13H11Br3S. The Balaban J connectivity index is 2.13. The molecule has 0 aliphatic heterocycles. The molecule has 1 aromatic heterocycles. The third kappa shape index (κ3) is 3.91. The van der Waals surface area contributed by atoms with Crippen molar-refractivity contribution < 1.29 is 0 Å². The second-order valence-corrected chi connectivity index (χ2v) is 7.92. The van der Waals surface area contributed by atoms with Gasteiger partial charge in [0.15, 0.2) is 0 Å². The monoisotopic (exact) mass is 436 g/mol. The number of halogens is 3. The van der Waals surface area contributed by atoms with E-state index in [4.69, 9.17) is 0 Å². The van der Waals surface area contributed by atoms with Gasteiger partial charge in [-0.05, 0) is 58.1 Å². The van der Waals surface area contributed by atoms with Crippen molar-refractivity contribution in [1.82, 2.24) is 0 Å². The van der Waals surface area contributed by atoms with E-state index in [1.54, 1.807) is 0 Å². The number of thiophene rings is 1. The van der Waals surface area contributed by atoms with Crippen LogP contribution in [0.2, 0.25) is 0 Å². The van der Waals surface area contributed by atoms with Crippen LogP contribution in [0.3, 0.4) is 0 Å². The molecule has 90 valence electrons. The van der Waals surface area contributed by atoms with Crippen molar-refractivity contribution in [3.05, 3.63) is 55.1 Å². The molecule has 2 rings (SSSR count). The first-order valence-electron chi connectivity index (χ1n) is 5.24. The van der Waals surface area contributed by atoms with Gasteiger partial charge in [-0.25, -0.2) is 0 Å². The normalized spacial score (nSPS) is 12.6. The molecule has 0 aliphatic carbocycles. The summed E-state index contributed by atoms with van der Waals surface area (Å²) in [5.41, 5.74) is 1.38. The molecule has 0 nitrogen and oxygen atoms in total. The highest BCUT2D eigenvalue weighted by molar-refractivity contribution is 9.11. The Kier molecular flexibility index (Phi) is 5.27. The fourth-order valence-corrected chi connectivity index (χ4v) is 4.13. The second kappa shape index (κ2) is 6.50. The van der Waals surface area contributed by atoms with Crippen molar-refractivity contribution in [2.45, 2.75) is 12.3 Å². The summed E-state index contributed by atoms with van der Waals surface area (Å²) in [5, 5.41) is 0.990. The Morgan fingerprint density at radius 1 is 1.00 bits per heavy atom. The van der Waals surface area contributed by atoms with Crippen molar-refractivity contribution in [1.29, 1.82) is 0 Å². The van der Waals surface area contributed by atoms with Gasteiger partial charge in [0.25, 0.3) is 0 Å². The summed E-state index contributed by atoms with van der Waals surface area (Å²) < 4.78 is 2.34. The molecule has 0 bridgehead atoms. The topological polar surface area (TPSA) is 0 Å². The third-order valence-electron chi connectivity index (χ3n) is 2.60. The summed E-state index contributed by atoms with van der Waals surface area (Å²) in [5.74, 6) is 0.536. The summed E-state index contributed by atoms with van der Waals surface area (Å²) >= 11 is 12.4. The highest BCUT2D eigenvalue weighted by Crippen LogP contribution is 2.29. The van der Waals surface area contributed by atoms with E-state index in [0.29, 0.717) is 5.92 Å². The van der Waals surface area contributed by atoms with Gasteiger partial charge in [0.2, 0.25) is 0 Å². The predicted molar refractivity (Wildman–Crippen MR) is 86.4 cm³/mol. The number of hydrogen-bond acceptors (Lipinski definition) is 1. The minimum atomic E-state index is 0.536. The van der Waals surface area contributed by atoms with Crippen molar-refractivity contribution >= 4 is 59.1 Å². The van der Waals surface area contributed by atoms with Gasteiger partial charge in [-0.3, -0.25) is 0 Å². The highest BCUT2D eigenvalue weighted by atomic mass is 79.9. The first kappa shape index (κ1) is 13.8. The van der Waals surface area contributed by atoms with Gasteiger partial charge in [-0.2, -0.15) is 0 Å². The van der Waals surface area contributed by atoms with E-state index in [1.807, 2.05) is 11.3 Å². The Labute approximate surface area is 131 Å². The van der Waals surface area contributed by atoms with Crippen LogP contribution in [0.5, 0.6) is 0 Å². The van der Waals surface area contributed by atoms with E-state index in [9.17, 15) is 0 Å². The molecule has 0 saturated heterocycles. The number of benzene rings is 1. The van der Waals surface area contributed by atoms with Gasteiger partial charge in [0.05, 0.1) is 3.79 Å². The largest absolute Gasteiger partial charge is 0.133 e. The SMILES string of the molecule is BrCC(Cc1ccc(Br)s1)c1ccc(Br)cc1. The summed E-state index contributed by atoms with van der Waals surface area (Å²) in [4.78, 5) is 1.42. The molecule has 0 N–H and O–H groups in total. The molecule has 0 fully saturated rings. The quantitative estimate of drug-likeness (QED) is 0.514. The molecule has 0 radical (unpaired) electrons. The standard InChI is InChI=1S/C13H11Br3S/c14-8-10(7-12-5-6-13(16)17-12)9-1-3-11(15)4-2-9/h1-6,10H,7-8H2. The van der Waals surface area contributed by atoms with Crippen LogP contribution >= 0.6 is 59.1 Å². The molecule has 1 aromatic carbocycles. The minimum Gasteiger partial charge on any atom is -0.133 e. The molecule has 1 heterocycles. The predicted octanol–water partition coefficient (Wildman–Crippen LogP) is 5.99.